The van der Waals surface area contributed by atoms with Crippen LogP contribution >= 0.6 is 0 Å². The number of aromatic nitrogens is 2. The van der Waals surface area contributed by atoms with Crippen LogP contribution in [0.25, 0.3) is 0 Å². The predicted molar refractivity (Wildman–Crippen MR) is 47.2 cm³/mol. The van der Waals surface area contributed by atoms with Crippen LogP contribution in [0.1, 0.15) is 6.92 Å². The van der Waals surface area contributed by atoms with E-state index in [9.17, 15) is 4.79 Å². The fraction of sp³-hybridized carbons (Fsp3) is 0.500. The van der Waals surface area contributed by atoms with Crippen molar-refractivity contribution in [1.82, 2.24) is 15.1 Å². The summed E-state index contributed by atoms with van der Waals surface area (Å²) in [6.07, 6.45) is 3.13. The lowest BCUT2D eigenvalue weighted by Crippen LogP contribution is -2.35. The van der Waals surface area contributed by atoms with Crippen molar-refractivity contribution in [2.75, 3.05) is 7.11 Å². The summed E-state index contributed by atoms with van der Waals surface area (Å²) in [4.78, 5) is 10.8. The molecule has 0 aliphatic carbocycles. The molecule has 1 aromatic heterocycles. The van der Waals surface area contributed by atoms with E-state index in [1.807, 2.05) is 19.2 Å². The lowest BCUT2D eigenvalue weighted by molar-refractivity contribution is 0.166. The molecule has 1 unspecified atom stereocenters. The molecule has 0 fully saturated rings. The number of nitrogens with zero attached hydrogens (tertiary/aromatic N) is 2. The average molecular weight is 183 g/mol. The standard InChI is InChI=1S/C8H13N3O2/c1-7(10-8(12)13-2)6-11-5-3-4-9-11/h3-5,7H,6H2,1-2H3,(H,10,12). The van der Waals surface area contributed by atoms with E-state index in [0.29, 0.717) is 6.54 Å². The van der Waals surface area contributed by atoms with Gasteiger partial charge in [0.1, 0.15) is 0 Å². The molecule has 0 aromatic carbocycles. The molecule has 0 aliphatic heterocycles. The van der Waals surface area contributed by atoms with Gasteiger partial charge in [-0.2, -0.15) is 5.10 Å². The topological polar surface area (TPSA) is 56.1 Å². The van der Waals surface area contributed by atoms with E-state index in [0.717, 1.165) is 0 Å². The largest absolute Gasteiger partial charge is 0.453 e. The van der Waals surface area contributed by atoms with Crippen molar-refractivity contribution >= 4 is 6.09 Å². The summed E-state index contributed by atoms with van der Waals surface area (Å²) < 4.78 is 6.21. The molecule has 0 aliphatic rings. The van der Waals surface area contributed by atoms with Crippen molar-refractivity contribution < 1.29 is 9.53 Å². The Hall–Kier alpha value is -1.52. The van der Waals surface area contributed by atoms with Crippen molar-refractivity contribution in [3.05, 3.63) is 18.5 Å². The summed E-state index contributed by atoms with van der Waals surface area (Å²) in [6.45, 7) is 2.53. The van der Waals surface area contributed by atoms with Crippen LogP contribution in [0.5, 0.6) is 0 Å². The summed E-state index contributed by atoms with van der Waals surface area (Å²) in [5.74, 6) is 0. The SMILES string of the molecule is COC(=O)NC(C)Cn1cccn1. The van der Waals surface area contributed by atoms with Crippen molar-refractivity contribution in [3.8, 4) is 0 Å². The van der Waals surface area contributed by atoms with Gasteiger partial charge in [-0.05, 0) is 13.0 Å². The zero-order chi connectivity index (χ0) is 9.68. The van der Waals surface area contributed by atoms with Gasteiger partial charge in [-0.15, -0.1) is 0 Å². The van der Waals surface area contributed by atoms with Gasteiger partial charge in [-0.3, -0.25) is 4.68 Å². The van der Waals surface area contributed by atoms with Gasteiger partial charge in [0.2, 0.25) is 0 Å². The number of carbonyl (C=O) groups is 1. The van der Waals surface area contributed by atoms with Gasteiger partial charge in [0.05, 0.1) is 13.7 Å². The maximum Gasteiger partial charge on any atom is 0.407 e. The van der Waals surface area contributed by atoms with Crippen LogP contribution in [-0.4, -0.2) is 29.0 Å². The lowest BCUT2D eigenvalue weighted by atomic mass is 10.3. The molecule has 1 amide bonds. The van der Waals surface area contributed by atoms with Crippen LogP contribution in [0.2, 0.25) is 0 Å². The highest BCUT2D eigenvalue weighted by atomic mass is 16.5. The van der Waals surface area contributed by atoms with Gasteiger partial charge < -0.3 is 10.1 Å². The zero-order valence-electron chi connectivity index (χ0n) is 7.73. The van der Waals surface area contributed by atoms with Crippen molar-refractivity contribution in [2.24, 2.45) is 0 Å². The number of rotatable bonds is 3. The first kappa shape index (κ1) is 9.57. The van der Waals surface area contributed by atoms with Crippen molar-refractivity contribution in [2.45, 2.75) is 19.5 Å². The quantitative estimate of drug-likeness (QED) is 0.747. The van der Waals surface area contributed by atoms with E-state index >= 15 is 0 Å². The number of methoxy groups -OCH3 is 1. The van der Waals surface area contributed by atoms with E-state index < -0.39 is 6.09 Å². The average Bonchev–Trinajstić information content (AvgIpc) is 2.56. The first-order valence-corrected chi connectivity index (χ1v) is 4.04. The van der Waals surface area contributed by atoms with E-state index in [-0.39, 0.29) is 6.04 Å². The monoisotopic (exact) mass is 183 g/mol. The Balaban J connectivity index is 2.33. The molecule has 1 atom stereocenters. The molecule has 0 saturated heterocycles. The van der Waals surface area contributed by atoms with Crippen molar-refractivity contribution in [3.63, 3.8) is 0 Å². The number of amides is 1. The normalized spacial score (nSPS) is 12.2. The number of carbonyl (C=O) groups excluding carboxylic acids is 1. The van der Waals surface area contributed by atoms with E-state index in [1.54, 1.807) is 10.9 Å². The molecule has 1 aromatic rings. The van der Waals surface area contributed by atoms with Gasteiger partial charge >= 0.3 is 6.09 Å². The molecular formula is C8H13N3O2. The predicted octanol–water partition coefficient (Wildman–Crippen LogP) is 0.628. The molecular weight excluding hydrogens is 170 g/mol. The molecule has 5 nitrogen and oxygen atoms in total. The highest BCUT2D eigenvalue weighted by Crippen LogP contribution is 1.90. The third-order valence-corrected chi connectivity index (χ3v) is 1.57. The van der Waals surface area contributed by atoms with Crippen LogP contribution < -0.4 is 5.32 Å². The fourth-order valence-corrected chi connectivity index (χ4v) is 0.995. The summed E-state index contributed by atoms with van der Waals surface area (Å²) in [5, 5.41) is 6.66. The summed E-state index contributed by atoms with van der Waals surface area (Å²) >= 11 is 0. The summed E-state index contributed by atoms with van der Waals surface area (Å²) in [5.41, 5.74) is 0. The Morgan fingerprint density at radius 1 is 1.77 bits per heavy atom. The maximum absolute atomic E-state index is 10.8. The Morgan fingerprint density at radius 2 is 2.54 bits per heavy atom. The lowest BCUT2D eigenvalue weighted by Gasteiger charge is -2.12. The summed E-state index contributed by atoms with van der Waals surface area (Å²) in [6, 6.07) is 1.84. The Labute approximate surface area is 76.7 Å². The first-order valence-electron chi connectivity index (χ1n) is 4.04. The van der Waals surface area contributed by atoms with Gasteiger partial charge in [0, 0.05) is 18.4 Å². The van der Waals surface area contributed by atoms with Crippen LogP contribution in [0, 0.1) is 0 Å². The second-order valence-corrected chi connectivity index (χ2v) is 2.77. The smallest absolute Gasteiger partial charge is 0.407 e. The van der Waals surface area contributed by atoms with Gasteiger partial charge in [0.25, 0.3) is 0 Å². The molecule has 1 heterocycles. The summed E-state index contributed by atoms with van der Waals surface area (Å²) in [7, 11) is 1.34. The fourth-order valence-electron chi connectivity index (χ4n) is 0.995. The van der Waals surface area contributed by atoms with Crippen LogP contribution in [0.4, 0.5) is 4.79 Å². The Kier molecular flexibility index (Phi) is 3.31. The van der Waals surface area contributed by atoms with E-state index in [2.05, 4.69) is 15.2 Å². The minimum absolute atomic E-state index is 0.00681. The van der Waals surface area contributed by atoms with Crippen LogP contribution in [-0.2, 0) is 11.3 Å². The molecule has 1 N–H and O–H groups in total. The van der Waals surface area contributed by atoms with Gasteiger partial charge in [-0.1, -0.05) is 0 Å². The molecule has 13 heavy (non-hydrogen) atoms. The number of ether oxygens (including phenoxy) is 1. The highest BCUT2D eigenvalue weighted by Gasteiger charge is 2.06. The third kappa shape index (κ3) is 3.14. The Bertz CT molecular complexity index is 258. The van der Waals surface area contributed by atoms with E-state index in [1.165, 1.54) is 7.11 Å². The van der Waals surface area contributed by atoms with Gasteiger partial charge in [0.15, 0.2) is 0 Å². The molecule has 0 radical (unpaired) electrons. The molecule has 1 rings (SSSR count). The maximum atomic E-state index is 10.8. The first-order chi connectivity index (χ1) is 6.22. The highest BCUT2D eigenvalue weighted by molar-refractivity contribution is 5.67. The second-order valence-electron chi connectivity index (χ2n) is 2.77. The molecule has 5 heteroatoms. The number of hydrogen-bond acceptors (Lipinski definition) is 3. The molecule has 0 spiro atoms. The molecule has 72 valence electrons. The zero-order valence-corrected chi connectivity index (χ0v) is 7.73. The van der Waals surface area contributed by atoms with Crippen LogP contribution in [0.15, 0.2) is 18.5 Å². The second kappa shape index (κ2) is 4.49. The minimum atomic E-state index is -0.417. The van der Waals surface area contributed by atoms with Crippen LogP contribution in [0.3, 0.4) is 0 Å². The molecule has 0 saturated carbocycles. The number of alkyl carbamates (subject to hydrolysis) is 1. The van der Waals surface area contributed by atoms with Gasteiger partial charge in [-0.25, -0.2) is 4.79 Å². The van der Waals surface area contributed by atoms with E-state index in [4.69, 9.17) is 0 Å². The number of hydrogen-bond donors (Lipinski definition) is 1. The third-order valence-electron chi connectivity index (χ3n) is 1.57. The van der Waals surface area contributed by atoms with Crippen molar-refractivity contribution in [1.29, 1.82) is 0 Å². The Morgan fingerprint density at radius 3 is 3.08 bits per heavy atom. The minimum Gasteiger partial charge on any atom is -0.453 e. The number of nitrogens with one attached hydrogen (secondary N) is 1. The molecule has 0 bridgehead atoms.